The summed E-state index contributed by atoms with van der Waals surface area (Å²) in [6.45, 7) is 4.39. The smallest absolute Gasteiger partial charge is 0.310 e. The molecule has 4 rings (SSSR count). The van der Waals surface area contributed by atoms with Crippen LogP contribution in [-0.4, -0.2) is 19.9 Å². The van der Waals surface area contributed by atoms with Crippen LogP contribution in [0.2, 0.25) is 0 Å². The lowest BCUT2D eigenvalue weighted by Gasteiger charge is -2.40. The van der Waals surface area contributed by atoms with Crippen LogP contribution in [0.1, 0.15) is 16.8 Å². The van der Waals surface area contributed by atoms with E-state index in [0.717, 1.165) is 29.0 Å². The average Bonchev–Trinajstić information content (AvgIpc) is 3.29. The molecule has 0 saturated carbocycles. The Balaban J connectivity index is 1.57. The number of aryl methyl sites for hydroxylation is 2. The highest BCUT2D eigenvalue weighted by atomic mass is 32.5. The van der Waals surface area contributed by atoms with E-state index in [2.05, 4.69) is 15.2 Å². The molecule has 0 bridgehead atoms. The Morgan fingerprint density at radius 2 is 1.55 bits per heavy atom. The van der Waals surface area contributed by atoms with E-state index in [1.807, 2.05) is 38.1 Å². The Labute approximate surface area is 174 Å². The third-order valence-corrected chi connectivity index (χ3v) is 5.80. The molecule has 2 heterocycles. The highest BCUT2D eigenvalue weighted by Gasteiger charge is 2.65. The zero-order valence-electron chi connectivity index (χ0n) is 16.4. The van der Waals surface area contributed by atoms with Crippen LogP contribution in [0.15, 0.2) is 64.0 Å². The largest absolute Gasteiger partial charge is 0.332 e. The van der Waals surface area contributed by atoms with Crippen molar-refractivity contribution < 1.29 is 24.0 Å². The van der Waals surface area contributed by atoms with Gasteiger partial charge in [0, 0.05) is 11.3 Å². The van der Waals surface area contributed by atoms with Gasteiger partial charge in [0.15, 0.2) is 5.69 Å². The van der Waals surface area contributed by atoms with E-state index in [4.69, 9.17) is 4.52 Å². The number of hydrogen-bond donors (Lipinski definition) is 0. The molecule has 0 saturated heterocycles. The minimum absolute atomic E-state index is 0.0329. The summed E-state index contributed by atoms with van der Waals surface area (Å²) in [7, 11) is -9.73. The van der Waals surface area contributed by atoms with Crippen LogP contribution in [0.5, 0.6) is 0 Å². The minimum atomic E-state index is -9.73. The first kappa shape index (κ1) is 21.0. The van der Waals surface area contributed by atoms with Crippen LogP contribution in [0, 0.1) is 13.8 Å². The molecular weight excluding hydrogens is 439 g/mol. The zero-order chi connectivity index (χ0) is 22.5. The molecule has 5 nitrogen and oxygen atoms in total. The SMILES string of the molecule is Cc1ccc(Cn2nc(-c3nc(-c4ccc(S(F)(F)(F)(F)F)cc4)no3)cc2C)cc1. The van der Waals surface area contributed by atoms with E-state index in [9.17, 15) is 19.4 Å². The first-order valence-corrected chi connectivity index (χ1v) is 11.0. The van der Waals surface area contributed by atoms with Crippen molar-refractivity contribution in [1.29, 1.82) is 0 Å². The maximum absolute atomic E-state index is 12.9. The van der Waals surface area contributed by atoms with E-state index in [1.165, 1.54) is 0 Å². The van der Waals surface area contributed by atoms with Crippen molar-refractivity contribution in [2.45, 2.75) is 25.3 Å². The van der Waals surface area contributed by atoms with Crippen LogP contribution in [0.3, 0.4) is 0 Å². The monoisotopic (exact) mass is 456 g/mol. The maximum atomic E-state index is 12.9. The molecule has 0 aliphatic carbocycles. The maximum Gasteiger partial charge on any atom is 0.310 e. The number of nitrogens with zero attached hydrogens (tertiary/aromatic N) is 4. The molecule has 0 aliphatic rings. The zero-order valence-corrected chi connectivity index (χ0v) is 17.2. The van der Waals surface area contributed by atoms with Gasteiger partial charge in [-0.05, 0) is 49.7 Å². The van der Waals surface area contributed by atoms with Crippen LogP contribution in [0.25, 0.3) is 23.0 Å². The van der Waals surface area contributed by atoms with Gasteiger partial charge in [-0.15, -0.1) is 0 Å². The van der Waals surface area contributed by atoms with Crippen molar-refractivity contribution >= 4 is 10.2 Å². The fourth-order valence-electron chi connectivity index (χ4n) is 2.95. The van der Waals surface area contributed by atoms with Gasteiger partial charge >= 0.3 is 10.2 Å². The highest BCUT2D eigenvalue weighted by Crippen LogP contribution is 3.02. The number of rotatable bonds is 5. The Bertz CT molecular complexity index is 1250. The molecule has 11 heteroatoms. The number of halogens is 5. The van der Waals surface area contributed by atoms with Gasteiger partial charge in [0.1, 0.15) is 4.90 Å². The molecule has 0 amide bonds. The predicted molar refractivity (Wildman–Crippen MR) is 107 cm³/mol. The van der Waals surface area contributed by atoms with Gasteiger partial charge < -0.3 is 4.52 Å². The first-order valence-electron chi connectivity index (χ1n) is 9.07. The summed E-state index contributed by atoms with van der Waals surface area (Å²) in [5.41, 5.74) is 3.55. The van der Waals surface area contributed by atoms with Gasteiger partial charge in [-0.25, -0.2) is 0 Å². The van der Waals surface area contributed by atoms with Crippen LogP contribution >= 0.6 is 10.2 Å². The summed E-state index contributed by atoms with van der Waals surface area (Å²) in [5, 5.41) is 8.17. The molecule has 0 aliphatic heterocycles. The summed E-state index contributed by atoms with van der Waals surface area (Å²) in [4.78, 5) is 2.16. The number of aromatic nitrogens is 4. The van der Waals surface area contributed by atoms with Crippen LogP contribution in [0.4, 0.5) is 19.4 Å². The van der Waals surface area contributed by atoms with Gasteiger partial charge in [-0.3, -0.25) is 4.68 Å². The van der Waals surface area contributed by atoms with Crippen LogP contribution in [-0.2, 0) is 6.54 Å². The van der Waals surface area contributed by atoms with Crippen molar-refractivity contribution in [2.75, 3.05) is 0 Å². The van der Waals surface area contributed by atoms with E-state index in [-0.39, 0.29) is 17.3 Å². The van der Waals surface area contributed by atoms with Crippen molar-refractivity contribution in [2.24, 2.45) is 0 Å². The predicted octanol–water partition coefficient (Wildman–Crippen LogP) is 6.92. The molecule has 164 valence electrons. The summed E-state index contributed by atoms with van der Waals surface area (Å²) in [5.74, 6) is 0.0343. The van der Waals surface area contributed by atoms with Crippen molar-refractivity contribution in [3.8, 4) is 23.0 Å². The second kappa shape index (κ2) is 6.39. The van der Waals surface area contributed by atoms with Gasteiger partial charge in [0.25, 0.3) is 5.89 Å². The second-order valence-corrected chi connectivity index (χ2v) is 9.64. The molecule has 31 heavy (non-hydrogen) atoms. The average molecular weight is 456 g/mol. The van der Waals surface area contributed by atoms with E-state index < -0.39 is 15.1 Å². The molecule has 4 aromatic rings. The Hall–Kier alpha value is -3.21. The molecule has 0 unspecified atom stereocenters. The summed E-state index contributed by atoms with van der Waals surface area (Å²) in [6, 6.07) is 12.1. The van der Waals surface area contributed by atoms with Gasteiger partial charge in [-0.1, -0.05) is 54.4 Å². The van der Waals surface area contributed by atoms with E-state index in [1.54, 1.807) is 10.7 Å². The lowest BCUT2D eigenvalue weighted by atomic mass is 10.1. The Kier molecular flexibility index (Phi) is 4.34. The summed E-state index contributed by atoms with van der Waals surface area (Å²) in [6.07, 6.45) is 0. The molecule has 2 aromatic heterocycles. The fourth-order valence-corrected chi connectivity index (χ4v) is 3.60. The molecule has 0 spiro atoms. The second-order valence-electron chi connectivity index (χ2n) is 7.23. The third-order valence-electron chi connectivity index (χ3n) is 4.64. The quantitative estimate of drug-likeness (QED) is 0.306. The highest BCUT2D eigenvalue weighted by molar-refractivity contribution is 8.45. The van der Waals surface area contributed by atoms with Crippen molar-refractivity contribution in [3.05, 3.63) is 71.4 Å². The number of hydrogen-bond acceptors (Lipinski definition) is 4. The summed E-state index contributed by atoms with van der Waals surface area (Å²) >= 11 is 0. The van der Waals surface area contributed by atoms with E-state index in [0.29, 0.717) is 24.4 Å². The Morgan fingerprint density at radius 1 is 0.903 bits per heavy atom. The van der Waals surface area contributed by atoms with Crippen LogP contribution < -0.4 is 0 Å². The molecule has 0 N–H and O–H groups in total. The topological polar surface area (TPSA) is 56.7 Å². The lowest BCUT2D eigenvalue weighted by Crippen LogP contribution is -2.05. The van der Waals surface area contributed by atoms with Gasteiger partial charge in [0.05, 0.1) is 6.54 Å². The van der Waals surface area contributed by atoms with E-state index >= 15 is 0 Å². The normalized spacial score (nSPS) is 14.3. The summed E-state index contributed by atoms with van der Waals surface area (Å²) < 4.78 is 71.2. The Morgan fingerprint density at radius 3 is 2.16 bits per heavy atom. The van der Waals surface area contributed by atoms with Crippen molar-refractivity contribution in [1.82, 2.24) is 19.9 Å². The molecule has 0 radical (unpaired) electrons. The fraction of sp³-hybridized carbons (Fsp3) is 0.150. The van der Waals surface area contributed by atoms with Gasteiger partial charge in [0.2, 0.25) is 5.82 Å². The third kappa shape index (κ3) is 4.61. The first-order chi connectivity index (χ1) is 14.3. The molecule has 2 aromatic carbocycles. The van der Waals surface area contributed by atoms with Gasteiger partial charge in [-0.2, -0.15) is 10.1 Å². The molecule has 0 atom stereocenters. The molecule has 0 fully saturated rings. The number of benzene rings is 2. The van der Waals surface area contributed by atoms with Crippen molar-refractivity contribution in [3.63, 3.8) is 0 Å². The lowest BCUT2D eigenvalue weighted by molar-refractivity contribution is 0.364. The molecular formula is C20H17F5N4OS. The standard InChI is InChI=1S/C20H17F5N4OS/c1-13-3-5-15(6-4-13)12-29-14(2)11-18(27-29)20-26-19(28-30-20)16-7-9-17(10-8-16)31(21,22,23,24)25/h3-11H,12H2,1-2H3. The minimum Gasteiger partial charge on any atom is -0.332 e.